The zero-order chi connectivity index (χ0) is 19.2. The lowest BCUT2D eigenvalue weighted by atomic mass is 10.1. The van der Waals surface area contributed by atoms with Crippen molar-refractivity contribution in [3.8, 4) is 0 Å². The van der Waals surface area contributed by atoms with E-state index >= 15 is 0 Å². The Morgan fingerprint density at radius 1 is 1.48 bits per heavy atom. The van der Waals surface area contributed by atoms with Crippen molar-refractivity contribution < 1.29 is 9.59 Å². The van der Waals surface area contributed by atoms with E-state index in [9.17, 15) is 9.59 Å². The van der Waals surface area contributed by atoms with Crippen molar-refractivity contribution in [2.24, 2.45) is 0 Å². The predicted molar refractivity (Wildman–Crippen MR) is 110 cm³/mol. The standard InChI is InChI=1S/C19H20ClN3O2S2/c1-11-3-4-12(8-14(11)20)7-13-9-21-18(27-13)22-17(25)15-10-26-19(2)6-5-16(24)23(15)19/h3-4,8-9,15H,5-7,10H2,1-2H3,(H,21,22,25). The van der Waals surface area contributed by atoms with Gasteiger partial charge >= 0.3 is 0 Å². The smallest absolute Gasteiger partial charge is 0.249 e. The van der Waals surface area contributed by atoms with Crippen molar-refractivity contribution >= 4 is 51.6 Å². The Morgan fingerprint density at radius 3 is 3.07 bits per heavy atom. The van der Waals surface area contributed by atoms with Crippen molar-refractivity contribution in [3.63, 3.8) is 0 Å². The predicted octanol–water partition coefficient (Wildman–Crippen LogP) is 4.09. The number of carbonyl (C=O) groups is 2. The monoisotopic (exact) mass is 421 g/mol. The normalized spacial score (nSPS) is 24.3. The molecule has 2 aromatic rings. The van der Waals surface area contributed by atoms with E-state index in [0.717, 1.165) is 33.9 Å². The number of aromatic nitrogens is 1. The minimum atomic E-state index is -0.418. The maximum atomic E-state index is 12.7. The Labute approximate surface area is 171 Å². The Morgan fingerprint density at radius 2 is 2.30 bits per heavy atom. The van der Waals surface area contributed by atoms with Gasteiger partial charge in [-0.2, -0.15) is 0 Å². The van der Waals surface area contributed by atoms with Crippen LogP contribution in [0.3, 0.4) is 0 Å². The molecule has 4 rings (SSSR count). The molecule has 2 atom stereocenters. The number of carbonyl (C=O) groups excluding carboxylic acids is 2. The molecule has 2 unspecified atom stereocenters. The van der Waals surface area contributed by atoms with Crippen molar-refractivity contribution in [1.29, 1.82) is 0 Å². The Kier molecular flexibility index (Phi) is 4.94. The summed E-state index contributed by atoms with van der Waals surface area (Å²) in [5.74, 6) is 0.549. The number of amides is 2. The number of anilines is 1. The summed E-state index contributed by atoms with van der Waals surface area (Å²) in [5, 5.41) is 4.22. The highest BCUT2D eigenvalue weighted by Gasteiger charge is 2.52. The highest BCUT2D eigenvalue weighted by molar-refractivity contribution is 8.01. The molecule has 2 amide bonds. The van der Waals surface area contributed by atoms with Gasteiger partial charge in [0.2, 0.25) is 11.8 Å². The summed E-state index contributed by atoms with van der Waals surface area (Å²) >= 11 is 9.33. The molecule has 1 aromatic heterocycles. The molecule has 0 aliphatic carbocycles. The lowest BCUT2D eigenvalue weighted by Gasteiger charge is -2.29. The number of aryl methyl sites for hydroxylation is 1. The number of nitrogens with zero attached hydrogens (tertiary/aromatic N) is 2. The number of fused-ring (bicyclic) bond motifs is 1. The van der Waals surface area contributed by atoms with Gasteiger partial charge in [0.05, 0.1) is 4.87 Å². The summed E-state index contributed by atoms with van der Waals surface area (Å²) in [6.07, 6.45) is 3.83. The number of hydrogen-bond acceptors (Lipinski definition) is 5. The highest BCUT2D eigenvalue weighted by Crippen LogP contribution is 2.47. The minimum Gasteiger partial charge on any atom is -0.315 e. The number of thiazole rings is 1. The topological polar surface area (TPSA) is 62.3 Å². The van der Waals surface area contributed by atoms with Crippen molar-refractivity contribution in [3.05, 3.63) is 45.4 Å². The first-order valence-corrected chi connectivity index (χ1v) is 11.0. The lowest BCUT2D eigenvalue weighted by Crippen LogP contribution is -2.48. The SMILES string of the molecule is Cc1ccc(Cc2cnc(NC(=O)C3CSC4(C)CCC(=O)N34)s2)cc1Cl. The first-order chi connectivity index (χ1) is 12.9. The first-order valence-electron chi connectivity index (χ1n) is 8.82. The zero-order valence-corrected chi connectivity index (χ0v) is 17.5. The van der Waals surface area contributed by atoms with Crippen LogP contribution in [-0.4, -0.2) is 38.4 Å². The molecule has 2 saturated heterocycles. The average molecular weight is 422 g/mol. The molecule has 5 nitrogen and oxygen atoms in total. The van der Waals surface area contributed by atoms with Gasteiger partial charge in [-0.15, -0.1) is 23.1 Å². The van der Waals surface area contributed by atoms with Gasteiger partial charge in [0.15, 0.2) is 5.13 Å². The average Bonchev–Trinajstić information content (AvgIpc) is 3.27. The second-order valence-electron chi connectivity index (χ2n) is 7.15. The number of hydrogen-bond donors (Lipinski definition) is 1. The van der Waals surface area contributed by atoms with Crippen LogP contribution in [0.5, 0.6) is 0 Å². The summed E-state index contributed by atoms with van der Waals surface area (Å²) in [6.45, 7) is 4.02. The summed E-state index contributed by atoms with van der Waals surface area (Å²) in [7, 11) is 0. The van der Waals surface area contributed by atoms with Crippen molar-refractivity contribution in [2.45, 2.75) is 44.0 Å². The fourth-order valence-electron chi connectivity index (χ4n) is 3.60. The molecule has 2 aliphatic rings. The molecule has 0 spiro atoms. The summed E-state index contributed by atoms with van der Waals surface area (Å²) in [4.78, 5) is 31.8. The Bertz CT molecular complexity index is 916. The number of thioether (sulfide) groups is 1. The zero-order valence-electron chi connectivity index (χ0n) is 15.1. The van der Waals surface area contributed by atoms with Crippen LogP contribution in [0.15, 0.2) is 24.4 Å². The van der Waals surface area contributed by atoms with Gasteiger partial charge in [-0.3, -0.25) is 9.59 Å². The quantitative estimate of drug-likeness (QED) is 0.807. The van der Waals surface area contributed by atoms with Crippen molar-refractivity contribution in [1.82, 2.24) is 9.88 Å². The maximum Gasteiger partial charge on any atom is 0.249 e. The molecule has 27 heavy (non-hydrogen) atoms. The van der Waals surface area contributed by atoms with Crippen LogP contribution in [0, 0.1) is 6.92 Å². The third-order valence-corrected chi connectivity index (χ3v) is 7.97. The molecule has 0 saturated carbocycles. The van der Waals surface area contributed by atoms with E-state index in [1.807, 2.05) is 26.0 Å². The van der Waals surface area contributed by atoms with Crippen LogP contribution in [0.2, 0.25) is 5.02 Å². The Hall–Kier alpha value is -1.57. The van der Waals surface area contributed by atoms with E-state index in [2.05, 4.69) is 16.4 Å². The number of rotatable bonds is 4. The number of benzene rings is 1. The van der Waals surface area contributed by atoms with Crippen LogP contribution in [0.4, 0.5) is 5.13 Å². The van der Waals surface area contributed by atoms with Gasteiger partial charge in [-0.1, -0.05) is 23.7 Å². The molecule has 0 bridgehead atoms. The van der Waals surface area contributed by atoms with Gasteiger partial charge in [-0.05, 0) is 37.5 Å². The van der Waals surface area contributed by atoms with Crippen LogP contribution < -0.4 is 5.32 Å². The van der Waals surface area contributed by atoms with E-state index in [0.29, 0.717) is 17.3 Å². The molecule has 0 radical (unpaired) electrons. The van der Waals surface area contributed by atoms with Gasteiger partial charge in [0.1, 0.15) is 6.04 Å². The molecular weight excluding hydrogens is 402 g/mol. The molecule has 1 N–H and O–H groups in total. The summed E-state index contributed by atoms with van der Waals surface area (Å²) < 4.78 is 0. The van der Waals surface area contributed by atoms with E-state index in [1.165, 1.54) is 11.3 Å². The van der Waals surface area contributed by atoms with Crippen LogP contribution in [-0.2, 0) is 16.0 Å². The van der Waals surface area contributed by atoms with Crippen LogP contribution >= 0.6 is 34.7 Å². The Balaban J connectivity index is 1.42. The summed E-state index contributed by atoms with van der Waals surface area (Å²) in [6, 6.07) is 5.60. The van der Waals surface area contributed by atoms with Crippen LogP contribution in [0.25, 0.3) is 0 Å². The number of halogens is 1. The van der Waals surface area contributed by atoms with E-state index < -0.39 is 6.04 Å². The molecule has 8 heteroatoms. The fourth-order valence-corrected chi connectivity index (χ4v) is 6.08. The number of nitrogens with one attached hydrogen (secondary N) is 1. The van der Waals surface area contributed by atoms with Gasteiger partial charge in [-0.25, -0.2) is 4.98 Å². The maximum absolute atomic E-state index is 12.7. The second-order valence-corrected chi connectivity index (χ2v) is 10.2. The molecule has 2 aliphatic heterocycles. The largest absolute Gasteiger partial charge is 0.315 e. The van der Waals surface area contributed by atoms with Gasteiger partial charge < -0.3 is 10.2 Å². The molecule has 142 valence electrons. The first kappa shape index (κ1) is 18.8. The molecule has 2 fully saturated rings. The van der Waals surface area contributed by atoms with E-state index in [1.54, 1.807) is 22.9 Å². The lowest BCUT2D eigenvalue weighted by molar-refractivity contribution is -0.135. The van der Waals surface area contributed by atoms with E-state index in [-0.39, 0.29) is 16.7 Å². The summed E-state index contributed by atoms with van der Waals surface area (Å²) in [5.41, 5.74) is 2.16. The van der Waals surface area contributed by atoms with Gasteiger partial charge in [0, 0.05) is 34.7 Å². The molecule has 1 aromatic carbocycles. The molecule has 3 heterocycles. The van der Waals surface area contributed by atoms with Gasteiger partial charge in [0.25, 0.3) is 0 Å². The third kappa shape index (κ3) is 3.60. The minimum absolute atomic E-state index is 0.0683. The highest BCUT2D eigenvalue weighted by atomic mass is 35.5. The molecular formula is C19H20ClN3O2S2. The van der Waals surface area contributed by atoms with E-state index in [4.69, 9.17) is 11.6 Å². The second kappa shape index (κ2) is 7.11. The fraction of sp³-hybridized carbons (Fsp3) is 0.421. The van der Waals surface area contributed by atoms with Crippen molar-refractivity contribution in [2.75, 3.05) is 11.1 Å². The van der Waals surface area contributed by atoms with Crippen LogP contribution in [0.1, 0.15) is 35.8 Å². The third-order valence-electron chi connectivity index (χ3n) is 5.15.